The molecular weight excluding hydrogens is 310 g/mol. The number of nitrogens with zero attached hydrogens (tertiary/aromatic N) is 1. The normalized spacial score (nSPS) is 22.5. The van der Waals surface area contributed by atoms with Crippen LogP contribution in [0.4, 0.5) is 0 Å². The van der Waals surface area contributed by atoms with Crippen molar-refractivity contribution in [2.45, 2.75) is 25.9 Å². The average Bonchev–Trinajstić information content (AvgIpc) is 2.47. The number of benzene rings is 1. The van der Waals surface area contributed by atoms with Crippen LogP contribution in [-0.2, 0) is 10.0 Å². The Bertz CT molecular complexity index is 596. The molecule has 6 heteroatoms. The van der Waals surface area contributed by atoms with E-state index in [-0.39, 0.29) is 5.92 Å². The van der Waals surface area contributed by atoms with Crippen molar-refractivity contribution in [1.82, 2.24) is 4.31 Å². The van der Waals surface area contributed by atoms with Gasteiger partial charge in [0, 0.05) is 23.5 Å². The Hall–Kier alpha value is -0.880. The summed E-state index contributed by atoms with van der Waals surface area (Å²) in [5, 5.41) is 11.5. The lowest BCUT2D eigenvalue weighted by molar-refractivity contribution is 0.0889. The van der Waals surface area contributed by atoms with Crippen LogP contribution in [0, 0.1) is 5.92 Å². The molecule has 1 aromatic carbocycles. The van der Waals surface area contributed by atoms with Gasteiger partial charge in [-0.05, 0) is 49.5 Å². The van der Waals surface area contributed by atoms with Gasteiger partial charge in [0.25, 0.3) is 0 Å². The molecule has 0 aliphatic carbocycles. The quantitative estimate of drug-likeness (QED) is 0.924. The van der Waals surface area contributed by atoms with E-state index in [1.54, 1.807) is 37.3 Å². The van der Waals surface area contributed by atoms with Gasteiger partial charge in [-0.15, -0.1) is 0 Å². The average molecular weight is 330 g/mol. The maximum atomic E-state index is 12.3. The zero-order valence-electron chi connectivity index (χ0n) is 11.9. The first-order valence-electron chi connectivity index (χ1n) is 7.00. The number of hydrogen-bond donors (Lipinski definition) is 1. The Morgan fingerprint density at radius 3 is 2.67 bits per heavy atom. The van der Waals surface area contributed by atoms with Crippen molar-refractivity contribution in [3.8, 4) is 0 Å². The minimum absolute atomic E-state index is 0.0115. The first kappa shape index (κ1) is 16.5. The lowest BCUT2D eigenvalue weighted by Crippen LogP contribution is -2.42. The monoisotopic (exact) mass is 329 g/mol. The molecule has 4 nitrogen and oxygen atoms in total. The fourth-order valence-corrected chi connectivity index (χ4v) is 3.83. The SMILES string of the molecule is CC(O)C1CCCN(S(=O)(=O)/C=C/c2ccc(Cl)cc2)C1. The molecule has 2 unspecified atom stereocenters. The smallest absolute Gasteiger partial charge is 0.236 e. The first-order chi connectivity index (χ1) is 9.88. The van der Waals surface area contributed by atoms with Crippen LogP contribution in [0.15, 0.2) is 29.7 Å². The van der Waals surface area contributed by atoms with Gasteiger partial charge in [0.1, 0.15) is 0 Å². The number of hydrogen-bond acceptors (Lipinski definition) is 3. The summed E-state index contributed by atoms with van der Waals surface area (Å²) >= 11 is 5.79. The standard InChI is InChI=1S/C15H20ClNO3S/c1-12(18)14-3-2-9-17(11-14)21(19,20)10-8-13-4-6-15(16)7-5-13/h4-8,10,12,14,18H,2-3,9,11H2,1H3/b10-8+. The van der Waals surface area contributed by atoms with Crippen molar-refractivity contribution in [3.05, 3.63) is 40.3 Å². The minimum atomic E-state index is -3.45. The van der Waals surface area contributed by atoms with Gasteiger partial charge in [-0.3, -0.25) is 0 Å². The number of halogens is 1. The molecule has 21 heavy (non-hydrogen) atoms. The molecule has 1 N–H and O–H groups in total. The molecule has 116 valence electrons. The van der Waals surface area contributed by atoms with E-state index in [0.717, 1.165) is 18.4 Å². The summed E-state index contributed by atoms with van der Waals surface area (Å²) < 4.78 is 26.1. The summed E-state index contributed by atoms with van der Waals surface area (Å²) in [6, 6.07) is 6.97. The van der Waals surface area contributed by atoms with Crippen LogP contribution in [0.1, 0.15) is 25.3 Å². The van der Waals surface area contributed by atoms with E-state index in [0.29, 0.717) is 18.1 Å². The maximum Gasteiger partial charge on any atom is 0.236 e. The third kappa shape index (κ3) is 4.54. The Morgan fingerprint density at radius 2 is 2.05 bits per heavy atom. The number of sulfonamides is 1. The van der Waals surface area contributed by atoms with Crippen molar-refractivity contribution in [2.24, 2.45) is 5.92 Å². The molecule has 1 aliphatic rings. The molecule has 1 aliphatic heterocycles. The molecule has 1 fully saturated rings. The van der Waals surface area contributed by atoms with Gasteiger partial charge in [0.2, 0.25) is 10.0 Å². The van der Waals surface area contributed by atoms with E-state index in [2.05, 4.69) is 0 Å². The predicted molar refractivity (Wildman–Crippen MR) is 85.4 cm³/mol. The number of piperidine rings is 1. The summed E-state index contributed by atoms with van der Waals surface area (Å²) in [7, 11) is -3.45. The molecule has 1 saturated heterocycles. The van der Waals surface area contributed by atoms with Crippen LogP contribution in [0.3, 0.4) is 0 Å². The highest BCUT2D eigenvalue weighted by Crippen LogP contribution is 2.23. The van der Waals surface area contributed by atoms with E-state index in [4.69, 9.17) is 11.6 Å². The Labute approximate surface area is 131 Å². The molecule has 0 amide bonds. The molecule has 0 spiro atoms. The van der Waals surface area contributed by atoms with E-state index in [9.17, 15) is 13.5 Å². The lowest BCUT2D eigenvalue weighted by Gasteiger charge is -2.32. The van der Waals surface area contributed by atoms with Gasteiger partial charge < -0.3 is 5.11 Å². The minimum Gasteiger partial charge on any atom is -0.393 e. The van der Waals surface area contributed by atoms with Crippen molar-refractivity contribution < 1.29 is 13.5 Å². The summed E-state index contributed by atoms with van der Waals surface area (Å²) in [5.74, 6) is 0.0115. The second kappa shape index (κ2) is 6.92. The number of rotatable bonds is 4. The third-order valence-electron chi connectivity index (χ3n) is 3.77. The predicted octanol–water partition coefficient (Wildman–Crippen LogP) is 2.73. The van der Waals surface area contributed by atoms with Gasteiger partial charge in [-0.25, -0.2) is 8.42 Å². The summed E-state index contributed by atoms with van der Waals surface area (Å²) in [4.78, 5) is 0. The lowest BCUT2D eigenvalue weighted by atomic mass is 9.95. The third-order valence-corrected chi connectivity index (χ3v) is 5.55. The van der Waals surface area contributed by atoms with Gasteiger partial charge >= 0.3 is 0 Å². The van der Waals surface area contributed by atoms with Gasteiger partial charge in [0.15, 0.2) is 0 Å². The van der Waals surface area contributed by atoms with E-state index in [1.165, 1.54) is 9.71 Å². The molecule has 0 bridgehead atoms. The highest BCUT2D eigenvalue weighted by molar-refractivity contribution is 7.92. The van der Waals surface area contributed by atoms with E-state index < -0.39 is 16.1 Å². The van der Waals surface area contributed by atoms with Gasteiger partial charge in [0.05, 0.1) is 6.10 Å². The van der Waals surface area contributed by atoms with Crippen LogP contribution >= 0.6 is 11.6 Å². The second-order valence-electron chi connectivity index (χ2n) is 5.40. The van der Waals surface area contributed by atoms with E-state index >= 15 is 0 Å². The number of aliphatic hydroxyl groups is 1. The molecule has 2 atom stereocenters. The zero-order valence-corrected chi connectivity index (χ0v) is 13.5. The highest BCUT2D eigenvalue weighted by Gasteiger charge is 2.29. The molecule has 1 aromatic rings. The molecule has 0 saturated carbocycles. The van der Waals surface area contributed by atoms with Crippen molar-refractivity contribution in [1.29, 1.82) is 0 Å². The maximum absolute atomic E-state index is 12.3. The Balaban J connectivity index is 2.09. The van der Waals surface area contributed by atoms with Crippen molar-refractivity contribution in [3.63, 3.8) is 0 Å². The van der Waals surface area contributed by atoms with Crippen LogP contribution < -0.4 is 0 Å². The molecule has 0 radical (unpaired) electrons. The summed E-state index contributed by atoms with van der Waals surface area (Å²) in [6.07, 6.45) is 2.73. The second-order valence-corrected chi connectivity index (χ2v) is 7.66. The number of aliphatic hydroxyl groups excluding tert-OH is 1. The van der Waals surface area contributed by atoms with Crippen LogP contribution in [0.25, 0.3) is 6.08 Å². The van der Waals surface area contributed by atoms with Crippen LogP contribution in [-0.4, -0.2) is 37.0 Å². The largest absolute Gasteiger partial charge is 0.393 e. The van der Waals surface area contributed by atoms with Crippen molar-refractivity contribution >= 4 is 27.7 Å². The highest BCUT2D eigenvalue weighted by atomic mass is 35.5. The first-order valence-corrected chi connectivity index (χ1v) is 8.88. The van der Waals surface area contributed by atoms with Gasteiger partial charge in [-0.2, -0.15) is 4.31 Å². The van der Waals surface area contributed by atoms with E-state index in [1.807, 2.05) is 0 Å². The van der Waals surface area contributed by atoms with Gasteiger partial charge in [-0.1, -0.05) is 23.7 Å². The van der Waals surface area contributed by atoms with Crippen LogP contribution in [0.5, 0.6) is 0 Å². The topological polar surface area (TPSA) is 57.6 Å². The summed E-state index contributed by atoms with van der Waals surface area (Å²) in [5.41, 5.74) is 0.784. The molecule has 0 aromatic heterocycles. The van der Waals surface area contributed by atoms with Crippen molar-refractivity contribution in [2.75, 3.05) is 13.1 Å². The fraction of sp³-hybridized carbons (Fsp3) is 0.467. The summed E-state index contributed by atoms with van der Waals surface area (Å²) in [6.45, 7) is 2.60. The van der Waals surface area contributed by atoms with Crippen LogP contribution in [0.2, 0.25) is 5.02 Å². The Kier molecular flexibility index (Phi) is 5.43. The molecule has 2 rings (SSSR count). The molecular formula is C15H20ClNO3S. The zero-order chi connectivity index (χ0) is 15.5. The molecule has 1 heterocycles. The fourth-order valence-electron chi connectivity index (χ4n) is 2.42. The Morgan fingerprint density at radius 1 is 1.38 bits per heavy atom.